The van der Waals surface area contributed by atoms with Gasteiger partial charge in [0.05, 0.1) is 9.40 Å². The molecule has 5 aromatic heterocycles. The topological polar surface area (TPSA) is 0 Å². The highest BCUT2D eigenvalue weighted by molar-refractivity contribution is 7.41. The number of hydrogen-bond donors (Lipinski definition) is 0. The van der Waals surface area contributed by atoms with Crippen LogP contribution in [0.3, 0.4) is 0 Å². The van der Waals surface area contributed by atoms with Gasteiger partial charge < -0.3 is 0 Å². The van der Waals surface area contributed by atoms with Gasteiger partial charge in [-0.15, -0.1) is 56.7 Å². The molecule has 0 aliphatic carbocycles. The molecule has 0 bridgehead atoms. The minimum Gasteiger partial charge on any atom is -0.143 e. The van der Waals surface area contributed by atoms with Crippen LogP contribution in [0.15, 0.2) is 35.0 Å². The first-order valence-electron chi connectivity index (χ1n) is 12.4. The van der Waals surface area contributed by atoms with Crippen LogP contribution in [0.4, 0.5) is 0 Å². The molecule has 0 fully saturated rings. The van der Waals surface area contributed by atoms with Crippen molar-refractivity contribution >= 4 is 75.5 Å². The van der Waals surface area contributed by atoms with Crippen molar-refractivity contribution in [2.24, 2.45) is 0 Å². The molecule has 0 atom stereocenters. The number of fused-ring (bicyclic) bond motifs is 3. The van der Waals surface area contributed by atoms with Gasteiger partial charge in [-0.25, -0.2) is 0 Å². The fraction of sp³-hybridized carbons (Fsp3) is 0.429. The summed E-state index contributed by atoms with van der Waals surface area (Å²) in [5.74, 6) is 0. The minimum atomic E-state index is 1.22. The van der Waals surface area contributed by atoms with Crippen LogP contribution < -0.4 is 0 Å². The number of rotatable bonds is 12. The highest BCUT2D eigenvalue weighted by atomic mass is 32.1. The zero-order chi connectivity index (χ0) is 22.6. The second-order valence-corrected chi connectivity index (χ2v) is 13.9. The van der Waals surface area contributed by atoms with Gasteiger partial charge in [0.15, 0.2) is 0 Å². The highest BCUT2D eigenvalue weighted by Crippen LogP contribution is 2.50. The third kappa shape index (κ3) is 5.18. The summed E-state index contributed by atoms with van der Waals surface area (Å²) in [5.41, 5.74) is 3.11. The second-order valence-electron chi connectivity index (χ2n) is 8.88. The lowest BCUT2D eigenvalue weighted by Crippen LogP contribution is -1.85. The molecule has 5 heteroatoms. The fourth-order valence-electron chi connectivity index (χ4n) is 4.54. The normalized spacial score (nSPS) is 11.9. The Labute approximate surface area is 217 Å². The van der Waals surface area contributed by atoms with E-state index < -0.39 is 0 Å². The lowest BCUT2D eigenvalue weighted by atomic mass is 10.1. The van der Waals surface area contributed by atoms with Gasteiger partial charge in [-0.3, -0.25) is 0 Å². The molecule has 0 unspecified atom stereocenters. The molecule has 0 aromatic carbocycles. The van der Waals surface area contributed by atoms with Gasteiger partial charge in [0.25, 0.3) is 0 Å². The molecule has 33 heavy (non-hydrogen) atoms. The van der Waals surface area contributed by atoms with Crippen molar-refractivity contribution in [2.75, 3.05) is 0 Å². The summed E-state index contributed by atoms with van der Waals surface area (Å²) in [4.78, 5) is 5.97. The first-order chi connectivity index (χ1) is 16.3. The van der Waals surface area contributed by atoms with E-state index in [1.54, 1.807) is 11.1 Å². The van der Waals surface area contributed by atoms with Crippen molar-refractivity contribution in [1.82, 2.24) is 0 Å². The van der Waals surface area contributed by atoms with Crippen LogP contribution in [0.5, 0.6) is 0 Å². The highest BCUT2D eigenvalue weighted by Gasteiger charge is 2.18. The Kier molecular flexibility index (Phi) is 8.04. The predicted molar refractivity (Wildman–Crippen MR) is 157 cm³/mol. The Morgan fingerprint density at radius 2 is 1.06 bits per heavy atom. The van der Waals surface area contributed by atoms with E-state index >= 15 is 0 Å². The van der Waals surface area contributed by atoms with Crippen molar-refractivity contribution in [3.05, 3.63) is 46.2 Å². The molecule has 174 valence electrons. The molecule has 5 rings (SSSR count). The third-order valence-electron chi connectivity index (χ3n) is 6.36. The van der Waals surface area contributed by atoms with Crippen LogP contribution in [0, 0.1) is 0 Å². The summed E-state index contributed by atoms with van der Waals surface area (Å²) in [6.45, 7) is 4.58. The Morgan fingerprint density at radius 1 is 0.576 bits per heavy atom. The summed E-state index contributed by atoms with van der Waals surface area (Å²) in [5, 5.41) is 4.58. The van der Waals surface area contributed by atoms with Gasteiger partial charge in [0, 0.05) is 28.9 Å². The smallest absolute Gasteiger partial charge is 0.0636 e. The second kappa shape index (κ2) is 11.2. The van der Waals surface area contributed by atoms with E-state index in [4.69, 9.17) is 0 Å². The minimum absolute atomic E-state index is 1.22. The number of hydrogen-bond acceptors (Lipinski definition) is 5. The molecule has 0 amide bonds. The zero-order valence-corrected chi connectivity index (χ0v) is 23.7. The van der Waals surface area contributed by atoms with E-state index in [1.807, 2.05) is 56.7 Å². The van der Waals surface area contributed by atoms with E-state index in [0.717, 1.165) is 0 Å². The molecule has 0 radical (unpaired) electrons. The van der Waals surface area contributed by atoms with Crippen molar-refractivity contribution < 1.29 is 0 Å². The predicted octanol–water partition coefficient (Wildman–Crippen LogP) is 11.9. The molecule has 0 N–H and O–H groups in total. The molecule has 0 saturated carbocycles. The monoisotopic (exact) mass is 528 g/mol. The summed E-state index contributed by atoms with van der Waals surface area (Å²) in [7, 11) is 0. The van der Waals surface area contributed by atoms with Crippen LogP contribution in [0.25, 0.3) is 38.3 Å². The maximum atomic E-state index is 2.46. The van der Waals surface area contributed by atoms with Gasteiger partial charge >= 0.3 is 0 Å². The largest absolute Gasteiger partial charge is 0.143 e. The summed E-state index contributed by atoms with van der Waals surface area (Å²) < 4.78 is 5.96. The van der Waals surface area contributed by atoms with Crippen LogP contribution in [-0.2, 0) is 12.8 Å². The average molecular weight is 529 g/mol. The molecule has 0 spiro atoms. The standard InChI is InChI=1S/C28H32S5/c1-3-5-7-9-11-19-13-15-29-25(19)21-17-23-27(32-21)28-24(31-23)18-22(33-28)26-20(14-16-30-26)12-10-8-6-4-2/h13-18H,3-12H2,1-2H3. The molecule has 0 aliphatic heterocycles. The first-order valence-corrected chi connectivity index (χ1v) is 16.6. The van der Waals surface area contributed by atoms with Crippen LogP contribution in [-0.4, -0.2) is 0 Å². The summed E-state index contributed by atoms with van der Waals surface area (Å²) in [6.07, 6.45) is 13.1. The van der Waals surface area contributed by atoms with Crippen molar-refractivity contribution in [1.29, 1.82) is 0 Å². The van der Waals surface area contributed by atoms with E-state index in [0.29, 0.717) is 0 Å². The Hall–Kier alpha value is -0.980. The average Bonchev–Trinajstić information content (AvgIpc) is 3.61. The SMILES string of the molecule is CCCCCCc1ccsc1-c1cc2sc3cc(-c4sccc4CCCCCC)sc3c2s1. The molecule has 5 heterocycles. The van der Waals surface area contributed by atoms with E-state index in [-0.39, 0.29) is 0 Å². The van der Waals surface area contributed by atoms with Crippen molar-refractivity contribution in [3.8, 4) is 19.5 Å². The van der Waals surface area contributed by atoms with E-state index in [1.165, 1.54) is 103 Å². The molecule has 0 aliphatic rings. The van der Waals surface area contributed by atoms with Crippen LogP contribution in [0.1, 0.15) is 76.3 Å². The third-order valence-corrected chi connectivity index (χ3v) is 12.4. The molecule has 0 saturated heterocycles. The van der Waals surface area contributed by atoms with Gasteiger partial charge in [-0.2, -0.15) is 0 Å². The molecular formula is C28H32S5. The van der Waals surface area contributed by atoms with Crippen molar-refractivity contribution in [3.63, 3.8) is 0 Å². The lowest BCUT2D eigenvalue weighted by molar-refractivity contribution is 0.668. The molecule has 0 nitrogen and oxygen atoms in total. The number of unbranched alkanes of at least 4 members (excludes halogenated alkanes) is 6. The van der Waals surface area contributed by atoms with Gasteiger partial charge in [-0.1, -0.05) is 52.4 Å². The lowest BCUT2D eigenvalue weighted by Gasteiger charge is -2.02. The van der Waals surface area contributed by atoms with E-state index in [9.17, 15) is 0 Å². The quantitative estimate of drug-likeness (QED) is 0.141. The van der Waals surface area contributed by atoms with E-state index in [2.05, 4.69) is 48.9 Å². The summed E-state index contributed by atoms with van der Waals surface area (Å²) >= 11 is 9.88. The van der Waals surface area contributed by atoms with Crippen molar-refractivity contribution in [2.45, 2.75) is 78.1 Å². The fourth-order valence-corrected chi connectivity index (χ4v) is 10.8. The van der Waals surface area contributed by atoms with Crippen LogP contribution in [0.2, 0.25) is 0 Å². The molecular weight excluding hydrogens is 497 g/mol. The number of aryl methyl sites for hydroxylation is 2. The zero-order valence-electron chi connectivity index (χ0n) is 19.6. The van der Waals surface area contributed by atoms with Crippen LogP contribution >= 0.6 is 56.7 Å². The van der Waals surface area contributed by atoms with Gasteiger partial charge in [0.2, 0.25) is 0 Å². The Morgan fingerprint density at radius 3 is 1.52 bits per heavy atom. The summed E-state index contributed by atoms with van der Waals surface area (Å²) in [6, 6.07) is 9.64. The van der Waals surface area contributed by atoms with Gasteiger partial charge in [-0.05, 0) is 71.8 Å². The number of thiophene rings is 5. The maximum absolute atomic E-state index is 2.46. The maximum Gasteiger partial charge on any atom is 0.0636 e. The van der Waals surface area contributed by atoms with Gasteiger partial charge in [0.1, 0.15) is 0 Å². The Balaban J connectivity index is 1.38. The first kappa shape index (κ1) is 23.7. The molecule has 5 aromatic rings. The Bertz CT molecular complexity index is 1210.